The fourth-order valence-electron chi connectivity index (χ4n) is 2.48. The van der Waals surface area contributed by atoms with Crippen molar-refractivity contribution in [1.82, 2.24) is 4.98 Å². The standard InChI is InChI=1S/C21H18ClN3O3/c1-13-3-5-15(6-4-13)24-20(26)14-9-10-23-18(11-14)21(27)25-16-7-8-19(28-2)17(22)12-16/h3-12H,1-2H3,(H,24,26)(H,25,27). The summed E-state index contributed by atoms with van der Waals surface area (Å²) in [4.78, 5) is 29.0. The van der Waals surface area contributed by atoms with Gasteiger partial charge in [-0.15, -0.1) is 0 Å². The van der Waals surface area contributed by atoms with E-state index in [0.29, 0.717) is 27.7 Å². The number of hydrogen-bond donors (Lipinski definition) is 2. The van der Waals surface area contributed by atoms with Crippen molar-refractivity contribution < 1.29 is 14.3 Å². The molecule has 1 aromatic heterocycles. The number of methoxy groups -OCH3 is 1. The largest absolute Gasteiger partial charge is 0.495 e. The summed E-state index contributed by atoms with van der Waals surface area (Å²) in [6.07, 6.45) is 1.42. The van der Waals surface area contributed by atoms with E-state index in [1.54, 1.807) is 24.3 Å². The fraction of sp³-hybridized carbons (Fsp3) is 0.0952. The van der Waals surface area contributed by atoms with E-state index in [2.05, 4.69) is 15.6 Å². The Morgan fingerprint density at radius 1 is 0.929 bits per heavy atom. The normalized spacial score (nSPS) is 10.2. The number of carbonyl (C=O) groups is 2. The van der Waals surface area contributed by atoms with E-state index in [1.165, 1.54) is 19.4 Å². The molecule has 0 unspecified atom stereocenters. The number of anilines is 2. The molecule has 0 aliphatic heterocycles. The molecule has 3 rings (SSSR count). The Morgan fingerprint density at radius 3 is 2.29 bits per heavy atom. The lowest BCUT2D eigenvalue weighted by molar-refractivity contribution is 0.102. The van der Waals surface area contributed by atoms with Crippen LogP contribution in [0.2, 0.25) is 5.02 Å². The zero-order chi connectivity index (χ0) is 20.1. The van der Waals surface area contributed by atoms with Crippen LogP contribution in [0.5, 0.6) is 5.75 Å². The molecular weight excluding hydrogens is 378 g/mol. The van der Waals surface area contributed by atoms with Gasteiger partial charge in [0, 0.05) is 23.1 Å². The maximum absolute atomic E-state index is 12.5. The maximum Gasteiger partial charge on any atom is 0.274 e. The topological polar surface area (TPSA) is 80.3 Å². The predicted molar refractivity (Wildman–Crippen MR) is 109 cm³/mol. The number of pyridine rings is 1. The van der Waals surface area contributed by atoms with Gasteiger partial charge in [0.25, 0.3) is 11.8 Å². The van der Waals surface area contributed by atoms with Crippen LogP contribution < -0.4 is 15.4 Å². The fourth-order valence-corrected chi connectivity index (χ4v) is 2.73. The molecule has 0 saturated heterocycles. The van der Waals surface area contributed by atoms with Gasteiger partial charge < -0.3 is 15.4 Å². The van der Waals surface area contributed by atoms with Gasteiger partial charge in [-0.1, -0.05) is 29.3 Å². The molecular formula is C21H18ClN3O3. The Labute approximate surface area is 167 Å². The van der Waals surface area contributed by atoms with E-state index >= 15 is 0 Å². The van der Waals surface area contributed by atoms with Crippen molar-refractivity contribution in [3.05, 3.63) is 82.6 Å². The van der Waals surface area contributed by atoms with E-state index in [4.69, 9.17) is 16.3 Å². The first-order chi connectivity index (χ1) is 13.5. The SMILES string of the molecule is COc1ccc(NC(=O)c2cc(C(=O)Nc3ccc(C)cc3)ccn2)cc1Cl. The second-order valence-electron chi connectivity index (χ2n) is 6.05. The van der Waals surface area contributed by atoms with Gasteiger partial charge in [0.05, 0.1) is 12.1 Å². The molecule has 142 valence electrons. The summed E-state index contributed by atoms with van der Waals surface area (Å²) >= 11 is 6.07. The van der Waals surface area contributed by atoms with E-state index in [9.17, 15) is 9.59 Å². The third-order valence-electron chi connectivity index (χ3n) is 3.97. The van der Waals surface area contributed by atoms with Crippen LogP contribution in [-0.2, 0) is 0 Å². The number of ether oxygens (including phenoxy) is 1. The Kier molecular flexibility index (Phi) is 5.91. The van der Waals surface area contributed by atoms with Crippen molar-refractivity contribution in [2.24, 2.45) is 0 Å². The van der Waals surface area contributed by atoms with Crippen LogP contribution in [0.4, 0.5) is 11.4 Å². The number of benzene rings is 2. The smallest absolute Gasteiger partial charge is 0.274 e. The monoisotopic (exact) mass is 395 g/mol. The molecule has 0 saturated carbocycles. The molecule has 6 nitrogen and oxygen atoms in total. The third kappa shape index (κ3) is 4.66. The van der Waals surface area contributed by atoms with Crippen LogP contribution in [-0.4, -0.2) is 23.9 Å². The van der Waals surface area contributed by atoms with Gasteiger partial charge in [0.2, 0.25) is 0 Å². The molecule has 0 spiro atoms. The zero-order valence-electron chi connectivity index (χ0n) is 15.3. The molecule has 0 aliphatic carbocycles. The molecule has 2 N–H and O–H groups in total. The molecule has 3 aromatic rings. The van der Waals surface area contributed by atoms with E-state index in [0.717, 1.165) is 5.56 Å². The summed E-state index contributed by atoms with van der Waals surface area (Å²) in [5.74, 6) is -0.272. The highest BCUT2D eigenvalue weighted by Gasteiger charge is 2.13. The van der Waals surface area contributed by atoms with E-state index in [-0.39, 0.29) is 11.6 Å². The molecule has 7 heteroatoms. The third-order valence-corrected chi connectivity index (χ3v) is 4.27. The van der Waals surface area contributed by atoms with Gasteiger partial charge in [-0.3, -0.25) is 14.6 Å². The first-order valence-corrected chi connectivity index (χ1v) is 8.83. The van der Waals surface area contributed by atoms with Gasteiger partial charge in [-0.25, -0.2) is 0 Å². The minimum Gasteiger partial charge on any atom is -0.495 e. The first-order valence-electron chi connectivity index (χ1n) is 8.45. The zero-order valence-corrected chi connectivity index (χ0v) is 16.1. The Balaban J connectivity index is 1.73. The van der Waals surface area contributed by atoms with Gasteiger partial charge in [-0.2, -0.15) is 0 Å². The number of hydrogen-bond acceptors (Lipinski definition) is 4. The highest BCUT2D eigenvalue weighted by Crippen LogP contribution is 2.27. The van der Waals surface area contributed by atoms with Crippen LogP contribution in [0.15, 0.2) is 60.8 Å². The van der Waals surface area contributed by atoms with Gasteiger partial charge in [0.1, 0.15) is 11.4 Å². The molecule has 0 atom stereocenters. The number of halogens is 1. The summed E-state index contributed by atoms with van der Waals surface area (Å²) in [5.41, 5.74) is 2.70. The predicted octanol–water partition coefficient (Wildman–Crippen LogP) is 4.56. The number of rotatable bonds is 5. The van der Waals surface area contributed by atoms with E-state index in [1.807, 2.05) is 31.2 Å². The molecule has 2 aromatic carbocycles. The first kappa shape index (κ1) is 19.4. The molecule has 2 amide bonds. The minimum atomic E-state index is -0.453. The average Bonchev–Trinajstić information content (AvgIpc) is 2.70. The van der Waals surface area contributed by atoms with Crippen molar-refractivity contribution >= 4 is 34.8 Å². The van der Waals surface area contributed by atoms with Gasteiger partial charge in [-0.05, 0) is 49.4 Å². The number of aromatic nitrogens is 1. The highest BCUT2D eigenvalue weighted by molar-refractivity contribution is 6.32. The summed E-state index contributed by atoms with van der Waals surface area (Å²) in [6.45, 7) is 1.97. The molecule has 0 aliphatic rings. The van der Waals surface area contributed by atoms with E-state index < -0.39 is 5.91 Å². The Hall–Kier alpha value is -3.38. The number of aryl methyl sites for hydroxylation is 1. The number of nitrogens with zero attached hydrogens (tertiary/aromatic N) is 1. The van der Waals surface area contributed by atoms with Crippen LogP contribution in [0, 0.1) is 6.92 Å². The molecule has 28 heavy (non-hydrogen) atoms. The summed E-state index contributed by atoms with van der Waals surface area (Å²) in [7, 11) is 1.51. The summed E-state index contributed by atoms with van der Waals surface area (Å²) in [6, 6.07) is 15.3. The molecule has 1 heterocycles. The van der Waals surface area contributed by atoms with Crippen LogP contribution in [0.3, 0.4) is 0 Å². The number of nitrogens with one attached hydrogen (secondary N) is 2. The van der Waals surface area contributed by atoms with Crippen molar-refractivity contribution in [2.75, 3.05) is 17.7 Å². The van der Waals surface area contributed by atoms with Crippen molar-refractivity contribution in [3.63, 3.8) is 0 Å². The maximum atomic E-state index is 12.5. The second-order valence-corrected chi connectivity index (χ2v) is 6.46. The Bertz CT molecular complexity index is 1020. The van der Waals surface area contributed by atoms with Crippen molar-refractivity contribution in [3.8, 4) is 5.75 Å². The van der Waals surface area contributed by atoms with Crippen LogP contribution in [0.25, 0.3) is 0 Å². The van der Waals surface area contributed by atoms with Crippen molar-refractivity contribution in [2.45, 2.75) is 6.92 Å². The lowest BCUT2D eigenvalue weighted by Crippen LogP contribution is -2.17. The van der Waals surface area contributed by atoms with Crippen LogP contribution >= 0.6 is 11.6 Å². The lowest BCUT2D eigenvalue weighted by atomic mass is 10.2. The second kappa shape index (κ2) is 8.54. The number of amides is 2. The molecule has 0 fully saturated rings. The summed E-state index contributed by atoms with van der Waals surface area (Å²) < 4.78 is 5.09. The molecule has 0 bridgehead atoms. The quantitative estimate of drug-likeness (QED) is 0.663. The molecule has 0 radical (unpaired) electrons. The van der Waals surface area contributed by atoms with Crippen molar-refractivity contribution in [1.29, 1.82) is 0 Å². The average molecular weight is 396 g/mol. The van der Waals surface area contributed by atoms with Crippen LogP contribution in [0.1, 0.15) is 26.4 Å². The number of carbonyl (C=O) groups excluding carboxylic acids is 2. The van der Waals surface area contributed by atoms with Gasteiger partial charge in [0.15, 0.2) is 0 Å². The summed E-state index contributed by atoms with van der Waals surface area (Å²) in [5, 5.41) is 5.87. The highest BCUT2D eigenvalue weighted by atomic mass is 35.5. The minimum absolute atomic E-state index is 0.114. The Morgan fingerprint density at radius 2 is 1.61 bits per heavy atom. The lowest BCUT2D eigenvalue weighted by Gasteiger charge is -2.09. The van der Waals surface area contributed by atoms with Gasteiger partial charge >= 0.3 is 0 Å².